The van der Waals surface area contributed by atoms with Gasteiger partial charge in [-0.25, -0.2) is 9.59 Å². The molecule has 11 amide bonds. The lowest BCUT2D eigenvalue weighted by Crippen LogP contribution is -2.72. The Morgan fingerprint density at radius 1 is 0.548 bits per heavy atom. The highest BCUT2D eigenvalue weighted by Crippen LogP contribution is 2.45. The molecular formula is C66H101N12O15. The second-order valence-corrected chi connectivity index (χ2v) is 28.0. The normalized spacial score (nSPS) is 16.5. The van der Waals surface area contributed by atoms with Gasteiger partial charge in [0.2, 0.25) is 59.1 Å². The lowest BCUT2D eigenvalue weighted by atomic mass is 9.69. The molecule has 1 saturated heterocycles. The van der Waals surface area contributed by atoms with Gasteiger partial charge in [0, 0.05) is 17.0 Å². The molecule has 93 heavy (non-hydrogen) atoms. The third-order valence-corrected chi connectivity index (χ3v) is 16.4. The van der Waals surface area contributed by atoms with E-state index in [0.717, 1.165) is 27.3 Å². The number of carbonyl (C=O) groups is 12. The van der Waals surface area contributed by atoms with E-state index < -0.39 is 149 Å². The summed E-state index contributed by atoms with van der Waals surface area (Å²) >= 11 is 0. The summed E-state index contributed by atoms with van der Waals surface area (Å²) in [5.74, 6) is -9.10. The summed E-state index contributed by atoms with van der Waals surface area (Å²) in [6.45, 7) is 24.1. The Bertz CT molecular complexity index is 2990. The zero-order valence-electron chi connectivity index (χ0n) is 57.2. The molecule has 11 N–H and O–H groups in total. The molecule has 0 aromatic heterocycles. The van der Waals surface area contributed by atoms with Crippen molar-refractivity contribution in [3.63, 3.8) is 0 Å². The Hall–Kier alpha value is -8.20. The van der Waals surface area contributed by atoms with Crippen LogP contribution in [0.2, 0.25) is 0 Å². The first-order valence-electron chi connectivity index (χ1n) is 31.8. The molecule has 0 bridgehead atoms. The molecule has 2 aromatic rings. The van der Waals surface area contributed by atoms with Crippen molar-refractivity contribution in [1.82, 2.24) is 63.5 Å². The summed E-state index contributed by atoms with van der Waals surface area (Å²) in [4.78, 5) is 162. The van der Waals surface area contributed by atoms with E-state index in [1.807, 2.05) is 69.3 Å². The van der Waals surface area contributed by atoms with Crippen molar-refractivity contribution in [2.75, 3.05) is 39.9 Å². The highest BCUT2D eigenvalue weighted by molar-refractivity contribution is 5.99. The van der Waals surface area contributed by atoms with Gasteiger partial charge in [-0.15, -0.1) is 10.3 Å². The molecule has 2 aliphatic rings. The van der Waals surface area contributed by atoms with Gasteiger partial charge >= 0.3 is 12.1 Å². The molecule has 0 spiro atoms. The highest BCUT2D eigenvalue weighted by atomic mass is 16.6. The molecule has 0 unspecified atom stereocenters. The minimum Gasteiger partial charge on any atom is -0.467 e. The summed E-state index contributed by atoms with van der Waals surface area (Å²) in [5, 5.41) is 42.8. The van der Waals surface area contributed by atoms with Gasteiger partial charge in [-0.3, -0.25) is 47.9 Å². The minimum atomic E-state index is -1.73. The average molecular weight is 1300 g/mol. The highest BCUT2D eigenvalue weighted by Gasteiger charge is 2.57. The van der Waals surface area contributed by atoms with E-state index in [4.69, 9.17) is 9.47 Å². The zero-order chi connectivity index (χ0) is 70.1. The van der Waals surface area contributed by atoms with Crippen LogP contribution >= 0.6 is 0 Å². The lowest BCUT2D eigenvalue weighted by molar-refractivity contribution is -0.295. The van der Waals surface area contributed by atoms with Crippen LogP contribution in [0.1, 0.15) is 166 Å². The molecule has 27 nitrogen and oxygen atoms in total. The molecule has 27 heteroatoms. The van der Waals surface area contributed by atoms with Gasteiger partial charge in [-0.1, -0.05) is 110 Å². The molecular weight excluding hydrogens is 1200 g/mol. The van der Waals surface area contributed by atoms with Crippen LogP contribution in [0.5, 0.6) is 0 Å². The second-order valence-electron chi connectivity index (χ2n) is 28.0. The molecule has 1 heterocycles. The quantitative estimate of drug-likeness (QED) is 0.0469. The second kappa shape index (κ2) is 33.1. The van der Waals surface area contributed by atoms with Gasteiger partial charge in [0.15, 0.2) is 0 Å². The average Bonchev–Trinajstić information content (AvgIpc) is 0.885. The molecule has 2 aromatic carbocycles. The van der Waals surface area contributed by atoms with E-state index in [2.05, 4.69) is 58.5 Å². The number of esters is 1. The topological polar surface area (TPSA) is 379 Å². The molecule has 5 atom stereocenters. The summed E-state index contributed by atoms with van der Waals surface area (Å²) < 4.78 is 10.7. The number of methoxy groups -OCH3 is 1. The maximum atomic E-state index is 14.5. The molecule has 515 valence electrons. The summed E-state index contributed by atoms with van der Waals surface area (Å²) in [6.07, 6.45) is -0.201. The van der Waals surface area contributed by atoms with E-state index in [0.29, 0.717) is 12.8 Å². The number of benzene rings is 2. The van der Waals surface area contributed by atoms with Crippen molar-refractivity contribution in [3.8, 4) is 11.1 Å². The SMILES string of the molecule is CC[C@H](C)[C@H](NC(=O)CNC(=O)C(C)(C)NC(=O)[C@H](CC(C)C)NC(=O)CNC(=O)CNC(=O)C(C)(C)NC(=O)[C@H](CC(C)C)NC(=O)CNC(=O)C1(NC(=O)OCC2c3ccccc3-c3ccccc32)CC(C)(C)N([O])C(C)(C)C1)C(=O)N[C@@H](CC(C)C)C(=O)OC. The zero-order valence-corrected chi connectivity index (χ0v) is 57.2. The third-order valence-electron chi connectivity index (χ3n) is 16.4. The van der Waals surface area contributed by atoms with Crippen LogP contribution in [-0.2, 0) is 67.4 Å². The van der Waals surface area contributed by atoms with Gasteiger partial charge in [0.25, 0.3) is 0 Å². The van der Waals surface area contributed by atoms with Crippen molar-refractivity contribution in [3.05, 3.63) is 59.7 Å². The fourth-order valence-corrected chi connectivity index (χ4v) is 11.8. The van der Waals surface area contributed by atoms with Crippen LogP contribution in [0.15, 0.2) is 48.5 Å². The molecule has 1 aliphatic carbocycles. The largest absolute Gasteiger partial charge is 0.467 e. The van der Waals surface area contributed by atoms with E-state index in [-0.39, 0.29) is 61.9 Å². The number of hydroxylamine groups is 2. The summed E-state index contributed by atoms with van der Waals surface area (Å²) in [7, 11) is 1.21. The maximum Gasteiger partial charge on any atom is 0.408 e. The van der Waals surface area contributed by atoms with Crippen molar-refractivity contribution >= 4 is 71.1 Å². The standard InChI is InChI=1S/C66H101N12O15/c1-18-40(8)53(56(85)73-48(29-39(6)7)57(86)92-17)74-52(82)33-69-59(88)65(15,16)76-54(83)46(27-37(2)3)71-50(80)31-67-49(79)30-68-58(87)64(13,14)75-55(84)47(28-38(4)5)72-51(81)32-70-60(89)66(35-62(9,10)78(91)63(11,12)36-66)77-61(90)93-34-45-43-25-21-19-23-41(43)42-24-20-22-26-44(42)45/h19-26,37-40,45-48,53H,18,27-36H2,1-17H3,(H,67,79)(H,68,87)(H,69,88)(H,70,89)(H,71,80)(H,72,81)(H,73,85)(H,74,82)(H,75,84)(H,76,83)(H,77,90)/t40-,46-,47-,48-,53-/m0/s1. The fourth-order valence-electron chi connectivity index (χ4n) is 11.8. The Morgan fingerprint density at radius 2 is 0.957 bits per heavy atom. The van der Waals surface area contributed by atoms with Crippen molar-refractivity contribution in [2.45, 2.75) is 207 Å². The van der Waals surface area contributed by atoms with E-state index >= 15 is 0 Å². The van der Waals surface area contributed by atoms with Gasteiger partial charge in [-0.2, -0.15) is 0 Å². The van der Waals surface area contributed by atoms with Gasteiger partial charge in [0.1, 0.15) is 47.4 Å². The first kappa shape index (κ1) is 77.2. The van der Waals surface area contributed by atoms with Crippen molar-refractivity contribution < 1.29 is 72.2 Å². The Kier molecular flexibility index (Phi) is 27.5. The Morgan fingerprint density at radius 3 is 1.40 bits per heavy atom. The minimum absolute atomic E-state index is 0.0390. The molecule has 1 aliphatic heterocycles. The number of ether oxygens (including phenoxy) is 2. The first-order chi connectivity index (χ1) is 43.2. The smallest absolute Gasteiger partial charge is 0.408 e. The molecule has 1 fully saturated rings. The van der Waals surface area contributed by atoms with Crippen LogP contribution in [0.3, 0.4) is 0 Å². The van der Waals surface area contributed by atoms with Gasteiger partial charge in [-0.05, 0) is 133 Å². The van der Waals surface area contributed by atoms with Crippen LogP contribution < -0.4 is 58.5 Å². The number of carbonyl (C=O) groups excluding carboxylic acids is 12. The number of amides is 11. The van der Waals surface area contributed by atoms with Crippen LogP contribution in [0.4, 0.5) is 4.79 Å². The maximum absolute atomic E-state index is 14.5. The number of hydrogen-bond acceptors (Lipinski definition) is 15. The predicted molar refractivity (Wildman–Crippen MR) is 345 cm³/mol. The fraction of sp³-hybridized carbons (Fsp3) is 0.636. The van der Waals surface area contributed by atoms with Crippen molar-refractivity contribution in [2.24, 2.45) is 23.7 Å². The number of fused-ring (bicyclic) bond motifs is 3. The van der Waals surface area contributed by atoms with Crippen LogP contribution in [0.25, 0.3) is 11.1 Å². The number of alkyl carbamates (subject to hydrolysis) is 1. The Labute approximate surface area is 546 Å². The summed E-state index contributed by atoms with van der Waals surface area (Å²) in [6, 6.07) is 11.2. The number of piperidine rings is 1. The summed E-state index contributed by atoms with van der Waals surface area (Å²) in [5.41, 5.74) is -3.37. The van der Waals surface area contributed by atoms with E-state index in [1.54, 1.807) is 62.3 Å². The van der Waals surface area contributed by atoms with E-state index in [1.165, 1.54) is 34.8 Å². The molecule has 4 rings (SSSR count). The number of rotatable bonds is 32. The monoisotopic (exact) mass is 1300 g/mol. The Balaban J connectivity index is 1.30. The van der Waals surface area contributed by atoms with Crippen LogP contribution in [0, 0.1) is 23.7 Å². The molecule has 1 radical (unpaired) electrons. The number of nitrogens with zero attached hydrogens (tertiary/aromatic N) is 1. The number of nitrogens with one attached hydrogen (secondary N) is 11. The lowest BCUT2D eigenvalue weighted by Gasteiger charge is -2.54. The molecule has 0 saturated carbocycles. The van der Waals surface area contributed by atoms with Gasteiger partial charge < -0.3 is 68.0 Å². The van der Waals surface area contributed by atoms with E-state index in [9.17, 15) is 62.7 Å². The first-order valence-corrected chi connectivity index (χ1v) is 31.8. The van der Waals surface area contributed by atoms with Crippen LogP contribution in [-0.4, -0.2) is 168 Å². The van der Waals surface area contributed by atoms with Gasteiger partial charge in [0.05, 0.1) is 33.3 Å². The third kappa shape index (κ3) is 22.0. The predicted octanol–water partition coefficient (Wildman–Crippen LogP) is 2.81. The van der Waals surface area contributed by atoms with Crippen molar-refractivity contribution in [1.29, 1.82) is 0 Å². The number of hydrogen-bond donors (Lipinski definition) is 11.